The van der Waals surface area contributed by atoms with Crippen LogP contribution in [0.25, 0.3) is 0 Å². The second-order valence-corrected chi connectivity index (χ2v) is 11.4. The van der Waals surface area contributed by atoms with E-state index in [1.807, 2.05) is 26.0 Å². The minimum absolute atomic E-state index is 0.103. The zero-order valence-electron chi connectivity index (χ0n) is 22.7. The van der Waals surface area contributed by atoms with E-state index < -0.39 is 28.5 Å². The van der Waals surface area contributed by atoms with Crippen LogP contribution in [0, 0.1) is 0 Å². The van der Waals surface area contributed by atoms with Crippen LogP contribution in [0.4, 0.5) is 5.69 Å². The van der Waals surface area contributed by atoms with Gasteiger partial charge in [0.2, 0.25) is 21.8 Å². The van der Waals surface area contributed by atoms with Crippen molar-refractivity contribution < 1.29 is 27.5 Å². The van der Waals surface area contributed by atoms with Crippen LogP contribution < -0.4 is 19.1 Å². The molecule has 0 heterocycles. The molecule has 9 nitrogen and oxygen atoms in total. The summed E-state index contributed by atoms with van der Waals surface area (Å²) in [5.41, 5.74) is 1.15. The number of hydrogen-bond acceptors (Lipinski definition) is 6. The van der Waals surface area contributed by atoms with Crippen molar-refractivity contribution in [2.45, 2.75) is 64.6 Å². The molecular weight excluding hydrogens is 506 g/mol. The van der Waals surface area contributed by atoms with E-state index in [-0.39, 0.29) is 18.5 Å². The fraction of sp³-hybridized carbons (Fsp3) is 0.500. The average Bonchev–Trinajstić information content (AvgIpc) is 3.40. The van der Waals surface area contributed by atoms with Crippen LogP contribution in [-0.2, 0) is 26.2 Å². The van der Waals surface area contributed by atoms with Gasteiger partial charge in [0, 0.05) is 12.6 Å². The summed E-state index contributed by atoms with van der Waals surface area (Å²) in [6.07, 6.45) is 5.45. The summed E-state index contributed by atoms with van der Waals surface area (Å²) in [5.74, 6) is 0.602. The molecule has 10 heteroatoms. The van der Waals surface area contributed by atoms with Crippen LogP contribution in [0.1, 0.15) is 51.5 Å². The van der Waals surface area contributed by atoms with Gasteiger partial charge in [-0.2, -0.15) is 0 Å². The first-order chi connectivity index (χ1) is 18.2. The maximum atomic E-state index is 13.8. The van der Waals surface area contributed by atoms with Crippen LogP contribution in [0.2, 0.25) is 0 Å². The Labute approximate surface area is 226 Å². The predicted octanol–water partition coefficient (Wildman–Crippen LogP) is 3.73. The van der Waals surface area contributed by atoms with Crippen LogP contribution >= 0.6 is 0 Å². The highest BCUT2D eigenvalue weighted by atomic mass is 32.2. The van der Waals surface area contributed by atoms with Gasteiger partial charge in [-0.3, -0.25) is 13.9 Å². The van der Waals surface area contributed by atoms with Crippen LogP contribution in [-0.4, -0.2) is 63.7 Å². The maximum absolute atomic E-state index is 13.8. The zero-order chi connectivity index (χ0) is 27.7. The average molecular weight is 546 g/mol. The number of methoxy groups -OCH3 is 1. The molecule has 2 amide bonds. The molecule has 1 aliphatic rings. The van der Waals surface area contributed by atoms with Gasteiger partial charge in [-0.25, -0.2) is 8.42 Å². The van der Waals surface area contributed by atoms with Crippen molar-refractivity contribution in [3.63, 3.8) is 0 Å². The van der Waals surface area contributed by atoms with E-state index in [0.717, 1.165) is 41.8 Å². The van der Waals surface area contributed by atoms with Gasteiger partial charge < -0.3 is 19.7 Å². The molecule has 1 unspecified atom stereocenters. The highest BCUT2D eigenvalue weighted by Crippen LogP contribution is 2.24. The number of benzene rings is 2. The second-order valence-electron chi connectivity index (χ2n) is 9.48. The SMILES string of the molecule is CCOc1ccc(N(CC(=O)N(Cc2ccc(OC)cc2)C(CC)C(=O)NC2CCCC2)S(C)(=O)=O)cc1. The molecule has 1 atom stereocenters. The van der Waals surface area contributed by atoms with Crippen LogP contribution in [0.5, 0.6) is 11.5 Å². The highest BCUT2D eigenvalue weighted by Gasteiger charge is 2.33. The number of hydrogen-bond donors (Lipinski definition) is 1. The van der Waals surface area contributed by atoms with Gasteiger partial charge in [0.25, 0.3) is 0 Å². The van der Waals surface area contributed by atoms with E-state index in [2.05, 4.69) is 5.32 Å². The van der Waals surface area contributed by atoms with E-state index in [0.29, 0.717) is 30.2 Å². The molecule has 38 heavy (non-hydrogen) atoms. The number of carbonyl (C=O) groups excluding carboxylic acids is 2. The maximum Gasteiger partial charge on any atom is 0.244 e. The quantitative estimate of drug-likeness (QED) is 0.411. The molecule has 1 aliphatic carbocycles. The summed E-state index contributed by atoms with van der Waals surface area (Å²) in [7, 11) is -2.22. The fourth-order valence-electron chi connectivity index (χ4n) is 4.70. The summed E-state index contributed by atoms with van der Waals surface area (Å²) in [6.45, 7) is 3.92. The van der Waals surface area contributed by atoms with Crippen molar-refractivity contribution >= 4 is 27.5 Å². The van der Waals surface area contributed by atoms with Gasteiger partial charge >= 0.3 is 0 Å². The second kappa shape index (κ2) is 13.5. The standard InChI is InChI=1S/C28H39N3O6S/c1-5-26(28(33)29-22-9-7-8-10-22)30(19-21-11-15-24(36-3)16-12-21)27(32)20-31(38(4,34)35)23-13-17-25(18-14-23)37-6-2/h11-18,22,26H,5-10,19-20H2,1-4H3,(H,29,33). The molecule has 0 spiro atoms. The number of amides is 2. The van der Waals surface area contributed by atoms with E-state index in [4.69, 9.17) is 9.47 Å². The van der Waals surface area contributed by atoms with Crippen molar-refractivity contribution in [2.75, 3.05) is 30.8 Å². The number of nitrogens with one attached hydrogen (secondary N) is 1. The summed E-state index contributed by atoms with van der Waals surface area (Å²) in [6, 6.07) is 13.2. The van der Waals surface area contributed by atoms with Crippen molar-refractivity contribution in [3.8, 4) is 11.5 Å². The lowest BCUT2D eigenvalue weighted by Gasteiger charge is -2.33. The number of ether oxygens (including phenoxy) is 2. The molecule has 0 aliphatic heterocycles. The normalized spacial score (nSPS) is 14.5. The van der Waals surface area contributed by atoms with Crippen LogP contribution in [0.15, 0.2) is 48.5 Å². The smallest absolute Gasteiger partial charge is 0.244 e. The minimum atomic E-state index is -3.80. The number of rotatable bonds is 13. The molecule has 2 aromatic rings. The molecule has 3 rings (SSSR count). The predicted molar refractivity (Wildman–Crippen MR) is 148 cm³/mol. The molecule has 2 aromatic carbocycles. The molecule has 0 radical (unpaired) electrons. The lowest BCUT2D eigenvalue weighted by molar-refractivity contribution is -0.140. The zero-order valence-corrected chi connectivity index (χ0v) is 23.5. The minimum Gasteiger partial charge on any atom is -0.497 e. The fourth-order valence-corrected chi connectivity index (χ4v) is 5.55. The Bertz CT molecular complexity index is 1160. The molecule has 1 N–H and O–H groups in total. The lowest BCUT2D eigenvalue weighted by atomic mass is 10.1. The Kier molecular flexibility index (Phi) is 10.4. The Hall–Kier alpha value is -3.27. The first-order valence-corrected chi connectivity index (χ1v) is 14.9. The van der Waals surface area contributed by atoms with Gasteiger partial charge in [0.05, 0.1) is 25.7 Å². The van der Waals surface area contributed by atoms with Crippen LogP contribution in [0.3, 0.4) is 0 Å². The monoisotopic (exact) mass is 545 g/mol. The largest absolute Gasteiger partial charge is 0.497 e. The van der Waals surface area contributed by atoms with E-state index in [1.54, 1.807) is 43.5 Å². The molecule has 0 aromatic heterocycles. The summed E-state index contributed by atoms with van der Waals surface area (Å²) >= 11 is 0. The molecule has 1 saturated carbocycles. The van der Waals surface area contributed by atoms with Gasteiger partial charge in [-0.05, 0) is 68.1 Å². The first kappa shape index (κ1) is 29.3. The molecular formula is C28H39N3O6S. The summed E-state index contributed by atoms with van der Waals surface area (Å²) in [4.78, 5) is 28.6. The molecule has 0 saturated heterocycles. The van der Waals surface area contributed by atoms with Crippen molar-refractivity contribution in [1.29, 1.82) is 0 Å². The topological polar surface area (TPSA) is 105 Å². The third-order valence-corrected chi connectivity index (χ3v) is 7.85. The number of carbonyl (C=O) groups is 2. The summed E-state index contributed by atoms with van der Waals surface area (Å²) < 4.78 is 37.3. The summed E-state index contributed by atoms with van der Waals surface area (Å²) in [5, 5.41) is 3.10. The van der Waals surface area contributed by atoms with E-state index >= 15 is 0 Å². The molecule has 1 fully saturated rings. The van der Waals surface area contributed by atoms with Crippen molar-refractivity contribution in [3.05, 3.63) is 54.1 Å². The molecule has 208 valence electrons. The van der Waals surface area contributed by atoms with Gasteiger partial charge in [0.1, 0.15) is 24.1 Å². The van der Waals surface area contributed by atoms with Crippen molar-refractivity contribution in [1.82, 2.24) is 10.2 Å². The Morgan fingerprint density at radius 1 is 1.00 bits per heavy atom. The van der Waals surface area contributed by atoms with Gasteiger partial charge in [0.15, 0.2) is 0 Å². The van der Waals surface area contributed by atoms with Gasteiger partial charge in [-0.1, -0.05) is 31.9 Å². The molecule has 0 bridgehead atoms. The Balaban J connectivity index is 1.90. The third-order valence-electron chi connectivity index (χ3n) is 6.71. The van der Waals surface area contributed by atoms with Gasteiger partial charge in [-0.15, -0.1) is 0 Å². The van der Waals surface area contributed by atoms with Crippen molar-refractivity contribution in [2.24, 2.45) is 0 Å². The Morgan fingerprint density at radius 3 is 2.13 bits per heavy atom. The lowest BCUT2D eigenvalue weighted by Crippen LogP contribution is -2.53. The van der Waals surface area contributed by atoms with E-state index in [9.17, 15) is 18.0 Å². The Morgan fingerprint density at radius 2 is 1.61 bits per heavy atom. The first-order valence-electron chi connectivity index (χ1n) is 13.1. The highest BCUT2D eigenvalue weighted by molar-refractivity contribution is 7.92. The third kappa shape index (κ3) is 7.86. The number of anilines is 1. The number of sulfonamides is 1. The number of nitrogens with zero attached hydrogens (tertiary/aromatic N) is 2. The van der Waals surface area contributed by atoms with E-state index in [1.165, 1.54) is 4.90 Å².